The lowest BCUT2D eigenvalue weighted by atomic mass is 9.98. The molecule has 1 heteroatoms. The minimum Gasteiger partial charge on any atom is -0.314 e. The molecule has 0 amide bonds. The molecule has 1 aliphatic heterocycles. The molecule has 0 aromatic carbocycles. The fourth-order valence-corrected chi connectivity index (χ4v) is 1.94. The maximum atomic E-state index is 3.55. The number of rotatable bonds is 2. The Hall–Kier alpha value is -0.0400. The van der Waals surface area contributed by atoms with Gasteiger partial charge in [-0.05, 0) is 44.1 Å². The molecule has 0 aromatic heterocycles. The van der Waals surface area contributed by atoms with Crippen LogP contribution < -0.4 is 5.32 Å². The highest BCUT2D eigenvalue weighted by atomic mass is 14.9. The maximum Gasteiger partial charge on any atom is 0.00727 e. The van der Waals surface area contributed by atoms with Crippen LogP contribution in [0.5, 0.6) is 0 Å². The molecular formula is C9H17N. The van der Waals surface area contributed by atoms with Crippen molar-refractivity contribution in [3.05, 3.63) is 0 Å². The molecule has 0 spiro atoms. The lowest BCUT2D eigenvalue weighted by molar-refractivity contribution is 0.422. The van der Waals surface area contributed by atoms with Gasteiger partial charge in [-0.2, -0.15) is 0 Å². The smallest absolute Gasteiger partial charge is 0.00727 e. The van der Waals surface area contributed by atoms with Crippen molar-refractivity contribution in [3.63, 3.8) is 0 Å². The van der Waals surface area contributed by atoms with Gasteiger partial charge in [-0.1, -0.05) is 6.92 Å². The summed E-state index contributed by atoms with van der Waals surface area (Å²) in [5.41, 5.74) is 0.752. The Morgan fingerprint density at radius 1 is 1.50 bits per heavy atom. The molecular weight excluding hydrogens is 122 g/mol. The largest absolute Gasteiger partial charge is 0.314 e. The topological polar surface area (TPSA) is 12.0 Å². The molecule has 0 aromatic rings. The molecule has 0 bridgehead atoms. The Kier molecular flexibility index (Phi) is 1.48. The summed E-state index contributed by atoms with van der Waals surface area (Å²) in [6, 6.07) is 0.868. The van der Waals surface area contributed by atoms with E-state index < -0.39 is 0 Å². The maximum absolute atomic E-state index is 3.55. The van der Waals surface area contributed by atoms with Crippen LogP contribution in [0.3, 0.4) is 0 Å². The van der Waals surface area contributed by atoms with Crippen LogP contribution >= 0.6 is 0 Å². The monoisotopic (exact) mass is 139 g/mol. The Bertz CT molecular complexity index is 121. The third kappa shape index (κ3) is 1.34. The van der Waals surface area contributed by atoms with Gasteiger partial charge in [0.1, 0.15) is 0 Å². The van der Waals surface area contributed by atoms with Crippen molar-refractivity contribution in [1.29, 1.82) is 0 Å². The van der Waals surface area contributed by atoms with Gasteiger partial charge in [0.2, 0.25) is 0 Å². The summed E-state index contributed by atoms with van der Waals surface area (Å²) in [6.07, 6.45) is 7.22. The first kappa shape index (κ1) is 6.66. The van der Waals surface area contributed by atoms with Crippen LogP contribution in [0.25, 0.3) is 0 Å². The van der Waals surface area contributed by atoms with E-state index in [0.29, 0.717) is 0 Å². The Labute approximate surface area is 63.2 Å². The molecule has 1 atom stereocenters. The van der Waals surface area contributed by atoms with Crippen LogP contribution in [-0.2, 0) is 0 Å². The molecule has 58 valence electrons. The minimum absolute atomic E-state index is 0.752. The van der Waals surface area contributed by atoms with Crippen LogP contribution in [-0.4, -0.2) is 12.6 Å². The van der Waals surface area contributed by atoms with Gasteiger partial charge in [0, 0.05) is 6.04 Å². The number of hydrogen-bond acceptors (Lipinski definition) is 1. The van der Waals surface area contributed by atoms with E-state index in [1.165, 1.54) is 38.6 Å². The van der Waals surface area contributed by atoms with E-state index in [1.807, 2.05) is 0 Å². The van der Waals surface area contributed by atoms with Crippen LogP contribution in [0.1, 0.15) is 39.0 Å². The van der Waals surface area contributed by atoms with Gasteiger partial charge in [0.15, 0.2) is 0 Å². The molecule has 1 saturated heterocycles. The van der Waals surface area contributed by atoms with Crippen molar-refractivity contribution in [1.82, 2.24) is 5.32 Å². The van der Waals surface area contributed by atoms with E-state index in [0.717, 1.165) is 11.5 Å². The predicted molar refractivity (Wildman–Crippen MR) is 43.0 cm³/mol. The van der Waals surface area contributed by atoms with Gasteiger partial charge in [-0.25, -0.2) is 0 Å². The second-order valence-electron chi connectivity index (χ2n) is 4.31. The lowest BCUT2D eigenvalue weighted by Crippen LogP contribution is -2.23. The number of hydrogen-bond donors (Lipinski definition) is 1. The zero-order valence-electron chi connectivity index (χ0n) is 6.82. The van der Waals surface area contributed by atoms with Gasteiger partial charge in [0.25, 0.3) is 0 Å². The molecule has 10 heavy (non-hydrogen) atoms. The zero-order chi connectivity index (χ0) is 7.03. The standard InChI is InChI=1S/C9H17N/c1-9(4-5-9)7-8-3-2-6-10-8/h8,10H,2-7H2,1H3. The highest BCUT2D eigenvalue weighted by molar-refractivity contribution is 4.93. The summed E-state index contributed by atoms with van der Waals surface area (Å²) in [5, 5.41) is 3.55. The van der Waals surface area contributed by atoms with Crippen molar-refractivity contribution in [2.75, 3.05) is 6.54 Å². The second kappa shape index (κ2) is 2.23. The molecule has 1 heterocycles. The summed E-state index contributed by atoms with van der Waals surface area (Å²) >= 11 is 0. The Morgan fingerprint density at radius 2 is 2.30 bits per heavy atom. The third-order valence-corrected chi connectivity index (χ3v) is 3.01. The highest BCUT2D eigenvalue weighted by Crippen LogP contribution is 2.49. The molecule has 2 rings (SSSR count). The average Bonchev–Trinajstić information content (AvgIpc) is 2.47. The van der Waals surface area contributed by atoms with E-state index >= 15 is 0 Å². The van der Waals surface area contributed by atoms with Crippen LogP contribution in [0.4, 0.5) is 0 Å². The third-order valence-electron chi connectivity index (χ3n) is 3.01. The fourth-order valence-electron chi connectivity index (χ4n) is 1.94. The molecule has 1 aliphatic carbocycles. The Balaban J connectivity index is 1.78. The Morgan fingerprint density at radius 3 is 2.80 bits per heavy atom. The molecule has 1 unspecified atom stereocenters. The first-order valence-corrected chi connectivity index (χ1v) is 4.52. The first-order valence-electron chi connectivity index (χ1n) is 4.52. The van der Waals surface area contributed by atoms with Crippen LogP contribution in [0, 0.1) is 5.41 Å². The fraction of sp³-hybridized carbons (Fsp3) is 1.00. The SMILES string of the molecule is CC1(CC2CCCN2)CC1. The summed E-state index contributed by atoms with van der Waals surface area (Å²) in [6.45, 7) is 3.69. The van der Waals surface area contributed by atoms with E-state index in [4.69, 9.17) is 0 Å². The van der Waals surface area contributed by atoms with Crippen LogP contribution in [0.15, 0.2) is 0 Å². The van der Waals surface area contributed by atoms with Crippen molar-refractivity contribution < 1.29 is 0 Å². The first-order chi connectivity index (χ1) is 4.79. The molecule has 1 saturated carbocycles. The quantitative estimate of drug-likeness (QED) is 0.616. The van der Waals surface area contributed by atoms with E-state index in [1.54, 1.807) is 0 Å². The summed E-state index contributed by atoms with van der Waals surface area (Å²) in [7, 11) is 0. The molecule has 1 nitrogen and oxygen atoms in total. The summed E-state index contributed by atoms with van der Waals surface area (Å²) < 4.78 is 0. The van der Waals surface area contributed by atoms with Gasteiger partial charge in [-0.3, -0.25) is 0 Å². The number of nitrogens with one attached hydrogen (secondary N) is 1. The molecule has 0 radical (unpaired) electrons. The molecule has 1 N–H and O–H groups in total. The molecule has 2 fully saturated rings. The van der Waals surface area contributed by atoms with Crippen molar-refractivity contribution in [3.8, 4) is 0 Å². The van der Waals surface area contributed by atoms with Crippen molar-refractivity contribution >= 4 is 0 Å². The summed E-state index contributed by atoms with van der Waals surface area (Å²) in [5.74, 6) is 0. The highest BCUT2D eigenvalue weighted by Gasteiger charge is 2.39. The van der Waals surface area contributed by atoms with E-state index in [9.17, 15) is 0 Å². The van der Waals surface area contributed by atoms with Crippen LogP contribution in [0.2, 0.25) is 0 Å². The predicted octanol–water partition coefficient (Wildman–Crippen LogP) is 1.93. The van der Waals surface area contributed by atoms with E-state index in [-0.39, 0.29) is 0 Å². The average molecular weight is 139 g/mol. The van der Waals surface area contributed by atoms with Crippen molar-refractivity contribution in [2.45, 2.75) is 45.1 Å². The molecule has 2 aliphatic rings. The lowest BCUT2D eigenvalue weighted by Gasteiger charge is -2.14. The van der Waals surface area contributed by atoms with Gasteiger partial charge in [0.05, 0.1) is 0 Å². The van der Waals surface area contributed by atoms with Gasteiger partial charge < -0.3 is 5.32 Å². The van der Waals surface area contributed by atoms with Crippen molar-refractivity contribution in [2.24, 2.45) is 5.41 Å². The second-order valence-corrected chi connectivity index (χ2v) is 4.31. The van der Waals surface area contributed by atoms with Gasteiger partial charge in [-0.15, -0.1) is 0 Å². The van der Waals surface area contributed by atoms with Gasteiger partial charge >= 0.3 is 0 Å². The zero-order valence-corrected chi connectivity index (χ0v) is 6.82. The minimum atomic E-state index is 0.752. The normalized spacial score (nSPS) is 36.3. The van der Waals surface area contributed by atoms with E-state index in [2.05, 4.69) is 12.2 Å². The summed E-state index contributed by atoms with van der Waals surface area (Å²) in [4.78, 5) is 0.